The van der Waals surface area contributed by atoms with Crippen LogP contribution in [0.2, 0.25) is 0 Å². The minimum atomic E-state index is -0.371. The molecular weight excluding hydrogens is 409 g/mol. The summed E-state index contributed by atoms with van der Waals surface area (Å²) in [5.41, 5.74) is 1.68. The van der Waals surface area contributed by atoms with Crippen molar-refractivity contribution in [2.45, 2.75) is 70.5 Å². The van der Waals surface area contributed by atoms with Gasteiger partial charge in [-0.05, 0) is 83.0 Å². The number of halogens is 1. The molecule has 1 aromatic heterocycles. The second kappa shape index (κ2) is 9.98. The molecule has 2 aliphatic rings. The minimum Gasteiger partial charge on any atom is -0.490 e. The van der Waals surface area contributed by atoms with Crippen LogP contribution in [0.5, 0.6) is 5.75 Å². The predicted molar refractivity (Wildman–Crippen MR) is 120 cm³/mol. The summed E-state index contributed by atoms with van der Waals surface area (Å²) in [7, 11) is 1.90. The average Bonchev–Trinajstić information content (AvgIpc) is 3.51. The van der Waals surface area contributed by atoms with Crippen molar-refractivity contribution in [1.82, 2.24) is 25.6 Å². The second-order valence-electron chi connectivity index (χ2n) is 9.31. The Morgan fingerprint density at radius 3 is 2.59 bits per heavy atom. The molecule has 0 radical (unpaired) electrons. The van der Waals surface area contributed by atoms with Crippen LogP contribution in [0.4, 0.5) is 4.39 Å². The third-order valence-corrected chi connectivity index (χ3v) is 6.83. The molecule has 0 aliphatic heterocycles. The van der Waals surface area contributed by atoms with Crippen LogP contribution in [0, 0.1) is 17.7 Å². The van der Waals surface area contributed by atoms with E-state index in [1.807, 2.05) is 30.9 Å². The Morgan fingerprint density at radius 1 is 1.19 bits per heavy atom. The first-order chi connectivity index (χ1) is 15.4. The number of rotatable bonds is 9. The zero-order valence-electron chi connectivity index (χ0n) is 19.2. The lowest BCUT2D eigenvalue weighted by atomic mass is 9.85. The highest BCUT2D eigenvalue weighted by Gasteiger charge is 2.29. The summed E-state index contributed by atoms with van der Waals surface area (Å²) in [6, 6.07) is 5.16. The van der Waals surface area contributed by atoms with E-state index >= 15 is 0 Å². The van der Waals surface area contributed by atoms with Crippen molar-refractivity contribution in [3.63, 3.8) is 0 Å². The van der Waals surface area contributed by atoms with Gasteiger partial charge < -0.3 is 15.4 Å². The first-order valence-corrected chi connectivity index (χ1v) is 11.8. The molecule has 2 atom stereocenters. The van der Waals surface area contributed by atoms with Gasteiger partial charge in [0.05, 0.1) is 30.6 Å². The molecule has 4 rings (SSSR count). The van der Waals surface area contributed by atoms with Crippen molar-refractivity contribution in [2.75, 3.05) is 13.7 Å². The van der Waals surface area contributed by atoms with E-state index in [2.05, 4.69) is 27.9 Å². The zero-order valence-corrected chi connectivity index (χ0v) is 19.2. The van der Waals surface area contributed by atoms with Gasteiger partial charge in [-0.15, -0.1) is 5.10 Å². The fourth-order valence-corrected chi connectivity index (χ4v) is 4.23. The van der Waals surface area contributed by atoms with Crippen LogP contribution in [0.1, 0.15) is 81.8 Å². The standard InChI is InChI=1S/C24H34FN5O2/c1-15(19-8-11-23(21(25)12-19)32-14-17-4-5-17)27-24(31)18-6-9-20(10-7-18)30-13-22(28-29-30)16(2)26-3/h8,11-13,15-18,20,26H,4-7,9-10,14H2,1-3H3,(H,27,31). The molecule has 0 bridgehead atoms. The van der Waals surface area contributed by atoms with E-state index in [9.17, 15) is 9.18 Å². The smallest absolute Gasteiger partial charge is 0.223 e. The fourth-order valence-electron chi connectivity index (χ4n) is 4.23. The first-order valence-electron chi connectivity index (χ1n) is 11.8. The predicted octanol–water partition coefficient (Wildman–Crippen LogP) is 4.10. The van der Waals surface area contributed by atoms with Crippen LogP contribution in [0.15, 0.2) is 24.4 Å². The molecule has 1 aromatic carbocycles. The van der Waals surface area contributed by atoms with E-state index < -0.39 is 0 Å². The topological polar surface area (TPSA) is 81.1 Å². The number of ether oxygens (including phenoxy) is 1. The fraction of sp³-hybridized carbons (Fsp3) is 0.625. The van der Waals surface area contributed by atoms with Gasteiger partial charge in [0.1, 0.15) is 0 Å². The van der Waals surface area contributed by atoms with Crippen LogP contribution in [0.3, 0.4) is 0 Å². The summed E-state index contributed by atoms with van der Waals surface area (Å²) in [5, 5.41) is 14.8. The Hall–Kier alpha value is -2.48. The molecule has 2 fully saturated rings. The monoisotopic (exact) mass is 443 g/mol. The molecule has 174 valence electrons. The maximum Gasteiger partial charge on any atom is 0.223 e. The lowest BCUT2D eigenvalue weighted by Gasteiger charge is -2.28. The number of hydrogen-bond donors (Lipinski definition) is 2. The summed E-state index contributed by atoms with van der Waals surface area (Å²) < 4.78 is 21.9. The summed E-state index contributed by atoms with van der Waals surface area (Å²) in [6.07, 6.45) is 7.74. The van der Waals surface area contributed by atoms with E-state index in [-0.39, 0.29) is 41.5 Å². The van der Waals surface area contributed by atoms with Gasteiger partial charge in [0.2, 0.25) is 5.91 Å². The normalized spacial score (nSPS) is 22.9. The molecule has 2 saturated carbocycles. The first kappa shape index (κ1) is 22.7. The number of carbonyl (C=O) groups excluding carboxylic acids is 1. The van der Waals surface area contributed by atoms with Crippen molar-refractivity contribution in [3.05, 3.63) is 41.5 Å². The molecule has 0 spiro atoms. The molecule has 7 nitrogen and oxygen atoms in total. The number of nitrogens with one attached hydrogen (secondary N) is 2. The summed E-state index contributed by atoms with van der Waals surface area (Å²) in [5.74, 6) is 0.501. The molecule has 1 amide bonds. The van der Waals surface area contributed by atoms with Crippen LogP contribution < -0.4 is 15.4 Å². The van der Waals surface area contributed by atoms with Gasteiger partial charge in [-0.1, -0.05) is 11.3 Å². The van der Waals surface area contributed by atoms with Crippen molar-refractivity contribution in [1.29, 1.82) is 0 Å². The van der Waals surface area contributed by atoms with Crippen molar-refractivity contribution < 1.29 is 13.9 Å². The van der Waals surface area contributed by atoms with Gasteiger partial charge in [-0.3, -0.25) is 4.79 Å². The molecule has 2 N–H and O–H groups in total. The van der Waals surface area contributed by atoms with Crippen LogP contribution >= 0.6 is 0 Å². The lowest BCUT2D eigenvalue weighted by molar-refractivity contribution is -0.126. The minimum absolute atomic E-state index is 0.0288. The zero-order chi connectivity index (χ0) is 22.7. The number of amides is 1. The van der Waals surface area contributed by atoms with E-state index in [1.54, 1.807) is 6.07 Å². The number of hydrogen-bond acceptors (Lipinski definition) is 5. The van der Waals surface area contributed by atoms with Crippen LogP contribution in [-0.2, 0) is 4.79 Å². The van der Waals surface area contributed by atoms with Gasteiger partial charge in [-0.25, -0.2) is 9.07 Å². The molecule has 8 heteroatoms. The highest BCUT2D eigenvalue weighted by Crippen LogP contribution is 2.33. The largest absolute Gasteiger partial charge is 0.490 e. The van der Waals surface area contributed by atoms with E-state index in [4.69, 9.17) is 4.74 Å². The number of nitrogens with zero attached hydrogens (tertiary/aromatic N) is 3. The van der Waals surface area contributed by atoms with Crippen molar-refractivity contribution >= 4 is 5.91 Å². The quantitative estimate of drug-likeness (QED) is 0.610. The SMILES string of the molecule is CNC(C)c1cn(C2CCC(C(=O)NC(C)c3ccc(OCC4CC4)c(F)c3)CC2)nn1. The Kier molecular flexibility index (Phi) is 7.08. The Labute approximate surface area is 189 Å². The van der Waals surface area contributed by atoms with Crippen molar-refractivity contribution in [3.8, 4) is 5.75 Å². The number of carbonyl (C=O) groups is 1. The maximum atomic E-state index is 14.4. The lowest BCUT2D eigenvalue weighted by Crippen LogP contribution is -2.35. The van der Waals surface area contributed by atoms with Gasteiger partial charge >= 0.3 is 0 Å². The third-order valence-electron chi connectivity index (χ3n) is 6.83. The highest BCUT2D eigenvalue weighted by atomic mass is 19.1. The Bertz CT molecular complexity index is 921. The molecule has 32 heavy (non-hydrogen) atoms. The van der Waals surface area contributed by atoms with Crippen LogP contribution in [0.25, 0.3) is 0 Å². The number of aromatic nitrogens is 3. The average molecular weight is 444 g/mol. The molecule has 0 saturated heterocycles. The maximum absolute atomic E-state index is 14.4. The summed E-state index contributed by atoms with van der Waals surface area (Å²) >= 11 is 0. The summed E-state index contributed by atoms with van der Waals surface area (Å²) in [4.78, 5) is 12.8. The molecule has 2 aromatic rings. The van der Waals surface area contributed by atoms with Gasteiger partial charge in [0.25, 0.3) is 0 Å². The Morgan fingerprint density at radius 2 is 1.94 bits per heavy atom. The molecular formula is C24H34FN5O2. The second-order valence-corrected chi connectivity index (χ2v) is 9.31. The van der Waals surface area contributed by atoms with Crippen molar-refractivity contribution in [2.24, 2.45) is 11.8 Å². The van der Waals surface area contributed by atoms with E-state index in [1.165, 1.54) is 18.9 Å². The Balaban J connectivity index is 1.27. The van der Waals surface area contributed by atoms with Gasteiger partial charge in [0, 0.05) is 12.0 Å². The highest BCUT2D eigenvalue weighted by molar-refractivity contribution is 5.79. The third kappa shape index (κ3) is 5.46. The van der Waals surface area contributed by atoms with Gasteiger partial charge in [-0.2, -0.15) is 0 Å². The van der Waals surface area contributed by atoms with Crippen LogP contribution in [-0.4, -0.2) is 34.6 Å². The summed E-state index contributed by atoms with van der Waals surface area (Å²) in [6.45, 7) is 4.52. The van der Waals surface area contributed by atoms with Gasteiger partial charge in [0.15, 0.2) is 11.6 Å². The molecule has 2 aliphatic carbocycles. The molecule has 2 unspecified atom stereocenters. The molecule has 1 heterocycles. The van der Waals surface area contributed by atoms with E-state index in [0.717, 1.165) is 36.9 Å². The van der Waals surface area contributed by atoms with E-state index in [0.29, 0.717) is 12.5 Å². The number of benzene rings is 1.